The predicted molar refractivity (Wildman–Crippen MR) is 64.8 cm³/mol. The van der Waals surface area contributed by atoms with E-state index in [0.29, 0.717) is 36.7 Å². The molecule has 2 saturated heterocycles. The summed E-state index contributed by atoms with van der Waals surface area (Å²) in [6.45, 7) is 0. The van der Waals surface area contributed by atoms with E-state index >= 15 is 0 Å². The molecule has 0 spiro atoms. The first kappa shape index (κ1) is 11.7. The molecule has 2 atom stereocenters. The number of hydrogen-bond donors (Lipinski definition) is 0. The summed E-state index contributed by atoms with van der Waals surface area (Å²) in [5.41, 5.74) is 0. The molecule has 2 aliphatic heterocycles. The van der Waals surface area contributed by atoms with E-state index in [1.54, 1.807) is 0 Å². The first-order valence-electron chi connectivity index (χ1n) is 6.69. The van der Waals surface area contributed by atoms with E-state index in [9.17, 15) is 0 Å². The Morgan fingerprint density at radius 3 is 2.78 bits per heavy atom. The summed E-state index contributed by atoms with van der Waals surface area (Å²) in [5.74, 6) is 1.91. The molecular weight excluding hydrogens is 228 g/mol. The maximum atomic E-state index is 8.54. The molecule has 3 heterocycles. The van der Waals surface area contributed by atoms with Crippen molar-refractivity contribution in [3.63, 3.8) is 0 Å². The van der Waals surface area contributed by atoms with Gasteiger partial charge < -0.3 is 9.42 Å². The van der Waals surface area contributed by atoms with Gasteiger partial charge in [0.15, 0.2) is 5.82 Å². The van der Waals surface area contributed by atoms with Gasteiger partial charge in [0.1, 0.15) is 0 Å². The van der Waals surface area contributed by atoms with Gasteiger partial charge in [0.25, 0.3) is 0 Å². The topological polar surface area (TPSA) is 66.0 Å². The Balaban J connectivity index is 1.69. The molecule has 5 nitrogen and oxygen atoms in total. The number of aryl methyl sites for hydroxylation is 1. The van der Waals surface area contributed by atoms with Gasteiger partial charge in [-0.15, -0.1) is 0 Å². The van der Waals surface area contributed by atoms with Crippen LogP contribution in [0.25, 0.3) is 0 Å². The van der Waals surface area contributed by atoms with Gasteiger partial charge >= 0.3 is 0 Å². The summed E-state index contributed by atoms with van der Waals surface area (Å²) in [4.78, 5) is 6.95. The van der Waals surface area contributed by atoms with Crippen molar-refractivity contribution in [3.8, 4) is 6.07 Å². The minimum Gasteiger partial charge on any atom is -0.339 e. The lowest BCUT2D eigenvalue weighted by Gasteiger charge is -2.34. The van der Waals surface area contributed by atoms with Crippen LogP contribution in [0.15, 0.2) is 4.52 Å². The minimum atomic E-state index is 0.443. The maximum Gasteiger partial charge on any atom is 0.227 e. The van der Waals surface area contributed by atoms with E-state index in [0.717, 1.165) is 18.7 Å². The Labute approximate surface area is 107 Å². The Morgan fingerprint density at radius 2 is 2.11 bits per heavy atom. The van der Waals surface area contributed by atoms with Crippen molar-refractivity contribution in [1.82, 2.24) is 15.0 Å². The summed E-state index contributed by atoms with van der Waals surface area (Å²) in [6, 6.07) is 3.48. The molecule has 0 aromatic carbocycles. The first-order chi connectivity index (χ1) is 8.78. The standard InChI is InChI=1S/C13H18N4O/c1-17-10-4-5-11(17)8-9(7-10)13-15-12(18-16-13)3-2-6-14/h9-11H,2-5,7-8H2,1H3. The van der Waals surface area contributed by atoms with Gasteiger partial charge in [0, 0.05) is 30.8 Å². The Hall–Kier alpha value is -1.41. The average Bonchev–Trinajstić information content (AvgIpc) is 2.90. The normalized spacial score (nSPS) is 31.4. The molecule has 2 fully saturated rings. The Bertz CT molecular complexity index is 450. The van der Waals surface area contributed by atoms with Gasteiger partial charge in [0.05, 0.1) is 6.07 Å². The monoisotopic (exact) mass is 246 g/mol. The van der Waals surface area contributed by atoms with Gasteiger partial charge in [-0.05, 0) is 32.7 Å². The van der Waals surface area contributed by atoms with Crippen LogP contribution in [0, 0.1) is 11.3 Å². The molecule has 0 radical (unpaired) electrons. The zero-order valence-corrected chi connectivity index (χ0v) is 10.7. The molecule has 96 valence electrons. The SMILES string of the molecule is CN1C2CCC1CC(c1noc(CCC#N)n1)C2. The van der Waals surface area contributed by atoms with Crippen LogP contribution in [0.4, 0.5) is 0 Å². The average molecular weight is 246 g/mol. The number of hydrogen-bond acceptors (Lipinski definition) is 5. The molecule has 1 aromatic rings. The number of rotatable bonds is 3. The number of nitriles is 1. The van der Waals surface area contributed by atoms with E-state index in [-0.39, 0.29) is 0 Å². The number of fused-ring (bicyclic) bond motifs is 2. The lowest BCUT2D eigenvalue weighted by Crippen LogP contribution is -2.39. The number of piperidine rings is 1. The fourth-order valence-electron chi connectivity index (χ4n) is 3.32. The van der Waals surface area contributed by atoms with Crippen LogP contribution in [0.1, 0.15) is 49.7 Å². The second-order valence-corrected chi connectivity index (χ2v) is 5.42. The summed E-state index contributed by atoms with van der Waals surface area (Å²) < 4.78 is 5.21. The predicted octanol–water partition coefficient (Wildman–Crippen LogP) is 1.87. The largest absolute Gasteiger partial charge is 0.339 e. The van der Waals surface area contributed by atoms with Gasteiger partial charge in [-0.1, -0.05) is 5.16 Å². The van der Waals surface area contributed by atoms with Crippen LogP contribution in [-0.2, 0) is 6.42 Å². The molecule has 2 aliphatic rings. The molecule has 3 rings (SSSR count). The van der Waals surface area contributed by atoms with E-state index in [2.05, 4.69) is 28.2 Å². The molecule has 0 amide bonds. The fraction of sp³-hybridized carbons (Fsp3) is 0.769. The summed E-state index contributed by atoms with van der Waals surface area (Å²) in [7, 11) is 2.23. The van der Waals surface area contributed by atoms with Crippen molar-refractivity contribution in [2.24, 2.45) is 0 Å². The molecule has 0 aliphatic carbocycles. The van der Waals surface area contributed by atoms with Crippen LogP contribution in [-0.4, -0.2) is 34.2 Å². The lowest BCUT2D eigenvalue weighted by atomic mass is 9.90. The molecule has 5 heteroatoms. The molecule has 1 aromatic heterocycles. The van der Waals surface area contributed by atoms with E-state index in [4.69, 9.17) is 9.78 Å². The molecule has 0 N–H and O–H groups in total. The number of nitrogens with zero attached hydrogens (tertiary/aromatic N) is 4. The van der Waals surface area contributed by atoms with Crippen molar-refractivity contribution < 1.29 is 4.52 Å². The highest BCUT2D eigenvalue weighted by molar-refractivity contribution is 5.05. The molecular formula is C13H18N4O. The van der Waals surface area contributed by atoms with Crippen LogP contribution in [0.2, 0.25) is 0 Å². The third-order valence-corrected chi connectivity index (χ3v) is 4.40. The third kappa shape index (κ3) is 2.01. The van der Waals surface area contributed by atoms with Crippen LogP contribution >= 0.6 is 0 Å². The lowest BCUT2D eigenvalue weighted by molar-refractivity contribution is 0.157. The highest BCUT2D eigenvalue weighted by atomic mass is 16.5. The van der Waals surface area contributed by atoms with Crippen LogP contribution < -0.4 is 0 Å². The maximum absolute atomic E-state index is 8.54. The second kappa shape index (κ2) is 4.69. The quantitative estimate of drug-likeness (QED) is 0.814. The van der Waals surface area contributed by atoms with Gasteiger partial charge in [0.2, 0.25) is 5.89 Å². The Morgan fingerprint density at radius 1 is 1.39 bits per heavy atom. The summed E-state index contributed by atoms with van der Waals surface area (Å²) >= 11 is 0. The number of aromatic nitrogens is 2. The zero-order chi connectivity index (χ0) is 12.5. The van der Waals surface area contributed by atoms with E-state index < -0.39 is 0 Å². The van der Waals surface area contributed by atoms with Crippen molar-refractivity contribution in [2.75, 3.05) is 7.05 Å². The molecule has 2 unspecified atom stereocenters. The minimum absolute atomic E-state index is 0.443. The zero-order valence-electron chi connectivity index (χ0n) is 10.7. The second-order valence-electron chi connectivity index (χ2n) is 5.42. The Kier molecular flexibility index (Phi) is 3.04. The van der Waals surface area contributed by atoms with Crippen molar-refractivity contribution in [1.29, 1.82) is 5.26 Å². The van der Waals surface area contributed by atoms with Crippen LogP contribution in [0.5, 0.6) is 0 Å². The third-order valence-electron chi connectivity index (χ3n) is 4.40. The van der Waals surface area contributed by atoms with Crippen molar-refractivity contribution in [2.45, 2.75) is 56.5 Å². The fourth-order valence-corrected chi connectivity index (χ4v) is 3.32. The van der Waals surface area contributed by atoms with Crippen molar-refractivity contribution >= 4 is 0 Å². The van der Waals surface area contributed by atoms with Gasteiger partial charge in [-0.3, -0.25) is 0 Å². The molecule has 18 heavy (non-hydrogen) atoms. The van der Waals surface area contributed by atoms with Crippen molar-refractivity contribution in [3.05, 3.63) is 11.7 Å². The first-order valence-corrected chi connectivity index (χ1v) is 6.69. The van der Waals surface area contributed by atoms with Gasteiger partial charge in [-0.25, -0.2) is 0 Å². The smallest absolute Gasteiger partial charge is 0.227 e. The summed E-state index contributed by atoms with van der Waals surface area (Å²) in [6.07, 6.45) is 5.91. The van der Waals surface area contributed by atoms with Gasteiger partial charge in [-0.2, -0.15) is 10.2 Å². The molecule has 2 bridgehead atoms. The molecule has 0 saturated carbocycles. The van der Waals surface area contributed by atoms with E-state index in [1.165, 1.54) is 12.8 Å². The summed E-state index contributed by atoms with van der Waals surface area (Å²) in [5, 5.41) is 12.6. The highest BCUT2D eigenvalue weighted by Gasteiger charge is 2.40. The van der Waals surface area contributed by atoms with Crippen LogP contribution in [0.3, 0.4) is 0 Å². The van der Waals surface area contributed by atoms with E-state index in [1.807, 2.05) is 0 Å². The highest BCUT2D eigenvalue weighted by Crippen LogP contribution is 2.41.